The number of ketones is 1. The first-order valence-corrected chi connectivity index (χ1v) is 14.6. The number of hydrogen-bond donors (Lipinski definition) is 3. The largest absolute Gasteiger partial charge is 0.443 e. The average molecular weight is 549 g/mol. The van der Waals surface area contributed by atoms with Crippen molar-refractivity contribution >= 4 is 29.6 Å². The molecule has 3 aliphatic rings. The fraction of sp³-hybridized carbons (Fsp3) is 0.828. The summed E-state index contributed by atoms with van der Waals surface area (Å²) >= 11 is 0. The Morgan fingerprint density at radius 3 is 2.15 bits per heavy atom. The minimum Gasteiger partial charge on any atom is -0.443 e. The normalized spacial score (nSPS) is 24.5. The van der Waals surface area contributed by atoms with Crippen molar-refractivity contribution in [3.05, 3.63) is 0 Å². The maximum Gasteiger partial charge on any atom is 0.408 e. The van der Waals surface area contributed by atoms with Crippen LogP contribution in [0.5, 0.6) is 0 Å². The molecule has 0 aromatic carbocycles. The number of primary amides is 1. The summed E-state index contributed by atoms with van der Waals surface area (Å²) in [5, 5.41) is 5.56. The van der Waals surface area contributed by atoms with Gasteiger partial charge in [-0.05, 0) is 68.6 Å². The summed E-state index contributed by atoms with van der Waals surface area (Å²) in [5.74, 6) is -2.19. The van der Waals surface area contributed by atoms with Gasteiger partial charge in [-0.15, -0.1) is 0 Å². The fourth-order valence-corrected chi connectivity index (χ4v) is 5.79. The zero-order valence-electron chi connectivity index (χ0n) is 24.5. The first-order chi connectivity index (χ1) is 18.1. The van der Waals surface area contributed by atoms with E-state index in [4.69, 9.17) is 10.5 Å². The smallest absolute Gasteiger partial charge is 0.408 e. The number of nitrogens with one attached hydrogen (secondary N) is 2. The molecule has 2 aliphatic carbocycles. The van der Waals surface area contributed by atoms with Gasteiger partial charge in [0.2, 0.25) is 17.6 Å². The minimum atomic E-state index is -1.08. The first kappa shape index (κ1) is 30.9. The van der Waals surface area contributed by atoms with Crippen LogP contribution in [-0.4, -0.2) is 64.8 Å². The van der Waals surface area contributed by atoms with Crippen LogP contribution in [0, 0.1) is 23.2 Å². The van der Waals surface area contributed by atoms with Crippen molar-refractivity contribution in [2.75, 3.05) is 6.54 Å². The highest BCUT2D eigenvalue weighted by atomic mass is 16.6. The Balaban J connectivity index is 1.79. The van der Waals surface area contributed by atoms with Crippen LogP contribution in [0.3, 0.4) is 0 Å². The summed E-state index contributed by atoms with van der Waals surface area (Å²) in [6.07, 6.45) is 6.70. The molecule has 1 unspecified atom stereocenters. The first-order valence-electron chi connectivity index (χ1n) is 14.6. The molecule has 220 valence electrons. The molecule has 0 radical (unpaired) electrons. The standard InChI is InChI=1S/C29H48N4O6/c1-17(2)19-15-21(25(36)31-20(14-18-10-11-18)22(34)24(30)35)33(16-19)26(37)23(28(3,4)5)32-27(38)39-29(6)12-8-7-9-13-29/h17-21,23H,7-16H2,1-6H3,(H2,30,35)(H,31,36)(H,32,38)/t19-,20?,21+,23-/m1/s1. The quantitative estimate of drug-likeness (QED) is 0.357. The molecular formula is C29H48N4O6. The summed E-state index contributed by atoms with van der Waals surface area (Å²) in [6.45, 7) is 12.0. The Bertz CT molecular complexity index is 948. The summed E-state index contributed by atoms with van der Waals surface area (Å²) < 4.78 is 5.81. The lowest BCUT2D eigenvalue weighted by Crippen LogP contribution is -2.59. The van der Waals surface area contributed by atoms with Crippen LogP contribution >= 0.6 is 0 Å². The number of carbonyl (C=O) groups is 5. The Morgan fingerprint density at radius 1 is 1.03 bits per heavy atom. The zero-order chi connectivity index (χ0) is 29.1. The summed E-state index contributed by atoms with van der Waals surface area (Å²) in [4.78, 5) is 66.2. The van der Waals surface area contributed by atoms with E-state index in [9.17, 15) is 24.0 Å². The highest BCUT2D eigenvalue weighted by molar-refractivity contribution is 6.37. The predicted molar refractivity (Wildman–Crippen MR) is 146 cm³/mol. The molecule has 0 aromatic rings. The molecule has 39 heavy (non-hydrogen) atoms. The van der Waals surface area contributed by atoms with Crippen LogP contribution < -0.4 is 16.4 Å². The number of nitrogens with two attached hydrogens (primary N) is 1. The van der Waals surface area contributed by atoms with Gasteiger partial charge >= 0.3 is 6.09 Å². The van der Waals surface area contributed by atoms with Gasteiger partial charge in [0.25, 0.3) is 5.91 Å². The zero-order valence-corrected chi connectivity index (χ0v) is 24.5. The molecule has 10 nitrogen and oxygen atoms in total. The van der Waals surface area contributed by atoms with Crippen LogP contribution in [-0.2, 0) is 23.9 Å². The number of amides is 4. The van der Waals surface area contributed by atoms with Crippen molar-refractivity contribution in [1.82, 2.24) is 15.5 Å². The van der Waals surface area contributed by atoms with E-state index in [1.807, 2.05) is 41.5 Å². The highest BCUT2D eigenvalue weighted by Crippen LogP contribution is 2.35. The third kappa shape index (κ3) is 8.18. The Labute approximate surface area is 232 Å². The molecule has 4 atom stereocenters. The molecule has 0 bridgehead atoms. The van der Waals surface area contributed by atoms with Gasteiger partial charge in [-0.1, -0.05) is 53.9 Å². The number of Topliss-reactive ketones (excluding diaryl/α,β-unsaturated/α-hetero) is 1. The van der Waals surface area contributed by atoms with Gasteiger partial charge in [-0.2, -0.15) is 0 Å². The number of hydrogen-bond acceptors (Lipinski definition) is 6. The minimum absolute atomic E-state index is 0.0622. The molecule has 2 saturated carbocycles. The van der Waals surface area contributed by atoms with E-state index >= 15 is 0 Å². The second-order valence-electron chi connectivity index (χ2n) is 13.6. The lowest BCUT2D eigenvalue weighted by atomic mass is 9.85. The molecule has 3 rings (SSSR count). The third-order valence-corrected chi connectivity index (χ3v) is 8.63. The molecule has 1 saturated heterocycles. The number of rotatable bonds is 10. The van der Waals surface area contributed by atoms with E-state index in [0.29, 0.717) is 19.4 Å². The van der Waals surface area contributed by atoms with Gasteiger partial charge in [0.05, 0.1) is 6.04 Å². The summed E-state index contributed by atoms with van der Waals surface area (Å²) in [7, 11) is 0. The predicted octanol–water partition coefficient (Wildman–Crippen LogP) is 3.06. The third-order valence-electron chi connectivity index (χ3n) is 8.63. The van der Waals surface area contributed by atoms with E-state index in [1.54, 1.807) is 0 Å². The lowest BCUT2D eigenvalue weighted by molar-refractivity contribution is -0.143. The molecule has 0 spiro atoms. The lowest BCUT2D eigenvalue weighted by Gasteiger charge is -2.37. The van der Waals surface area contributed by atoms with Gasteiger partial charge in [-0.3, -0.25) is 19.2 Å². The van der Waals surface area contributed by atoms with Crippen LogP contribution in [0.1, 0.15) is 99.3 Å². The number of likely N-dealkylation sites (tertiary alicyclic amines) is 1. The Hall–Kier alpha value is -2.65. The van der Waals surface area contributed by atoms with Crippen molar-refractivity contribution < 1.29 is 28.7 Å². The maximum atomic E-state index is 14.0. The molecular weight excluding hydrogens is 500 g/mol. The van der Waals surface area contributed by atoms with Gasteiger partial charge < -0.3 is 26.0 Å². The Kier molecular flexibility index (Phi) is 9.70. The SMILES string of the molecule is CC(C)[C@@H]1C[C@@H](C(=O)NC(CC2CC2)C(=O)C(N)=O)N(C(=O)[C@@H](NC(=O)OC2(C)CCCCC2)C(C)(C)C)C1. The van der Waals surface area contributed by atoms with Crippen molar-refractivity contribution in [3.8, 4) is 0 Å². The Morgan fingerprint density at radius 2 is 1.64 bits per heavy atom. The topological polar surface area (TPSA) is 148 Å². The molecule has 1 aliphatic heterocycles. The molecule has 3 fully saturated rings. The van der Waals surface area contributed by atoms with Crippen LogP contribution in [0.25, 0.3) is 0 Å². The summed E-state index contributed by atoms with van der Waals surface area (Å²) in [5.41, 5.74) is 4.04. The van der Waals surface area contributed by atoms with E-state index in [2.05, 4.69) is 10.6 Å². The second-order valence-corrected chi connectivity index (χ2v) is 13.6. The van der Waals surface area contributed by atoms with Gasteiger partial charge in [0.1, 0.15) is 17.7 Å². The van der Waals surface area contributed by atoms with Crippen molar-refractivity contribution in [3.63, 3.8) is 0 Å². The van der Waals surface area contributed by atoms with Crippen LogP contribution in [0.15, 0.2) is 0 Å². The van der Waals surface area contributed by atoms with E-state index in [-0.39, 0.29) is 23.7 Å². The van der Waals surface area contributed by atoms with Crippen molar-refractivity contribution in [1.29, 1.82) is 0 Å². The summed E-state index contributed by atoms with van der Waals surface area (Å²) in [6, 6.07) is -2.75. The average Bonchev–Trinajstić information content (AvgIpc) is 3.53. The van der Waals surface area contributed by atoms with E-state index < -0.39 is 52.8 Å². The van der Waals surface area contributed by atoms with Crippen molar-refractivity contribution in [2.24, 2.45) is 28.9 Å². The molecule has 1 heterocycles. The van der Waals surface area contributed by atoms with E-state index in [1.165, 1.54) is 4.90 Å². The highest BCUT2D eigenvalue weighted by Gasteiger charge is 2.47. The molecule has 4 N–H and O–H groups in total. The second kappa shape index (κ2) is 12.3. The molecule has 0 aromatic heterocycles. The van der Waals surface area contributed by atoms with E-state index in [0.717, 1.165) is 44.9 Å². The van der Waals surface area contributed by atoms with Gasteiger partial charge in [0.15, 0.2) is 0 Å². The van der Waals surface area contributed by atoms with Crippen molar-refractivity contribution in [2.45, 2.75) is 123 Å². The molecule has 4 amide bonds. The number of carbonyl (C=O) groups excluding carboxylic acids is 5. The van der Waals surface area contributed by atoms with Gasteiger partial charge in [-0.25, -0.2) is 4.79 Å². The number of alkyl carbamates (subject to hydrolysis) is 1. The number of ether oxygens (including phenoxy) is 1. The van der Waals surface area contributed by atoms with Gasteiger partial charge in [0, 0.05) is 6.54 Å². The maximum absolute atomic E-state index is 14.0. The number of nitrogens with zero attached hydrogens (tertiary/aromatic N) is 1. The monoisotopic (exact) mass is 548 g/mol. The van der Waals surface area contributed by atoms with Crippen LogP contribution in [0.4, 0.5) is 4.79 Å². The molecule has 10 heteroatoms. The fourth-order valence-electron chi connectivity index (χ4n) is 5.79. The van der Waals surface area contributed by atoms with Crippen LogP contribution in [0.2, 0.25) is 0 Å².